The van der Waals surface area contributed by atoms with Crippen molar-refractivity contribution in [2.75, 3.05) is 13.1 Å². The van der Waals surface area contributed by atoms with Gasteiger partial charge in [0.15, 0.2) is 0 Å². The van der Waals surface area contributed by atoms with Gasteiger partial charge in [-0.25, -0.2) is 0 Å². The van der Waals surface area contributed by atoms with E-state index in [1.165, 1.54) is 6.42 Å². The molecule has 0 amide bonds. The van der Waals surface area contributed by atoms with Crippen LogP contribution in [-0.2, 0) is 13.5 Å². The Labute approximate surface area is 116 Å². The van der Waals surface area contributed by atoms with E-state index in [1.807, 2.05) is 18.7 Å². The van der Waals surface area contributed by atoms with Gasteiger partial charge < -0.3 is 5.32 Å². The molecule has 0 spiro atoms. The van der Waals surface area contributed by atoms with E-state index >= 15 is 0 Å². The van der Waals surface area contributed by atoms with Gasteiger partial charge in [-0.3, -0.25) is 4.68 Å². The monoisotopic (exact) mass is 271 g/mol. The first-order valence-corrected chi connectivity index (χ1v) is 7.23. The quantitative estimate of drug-likeness (QED) is 0.772. The predicted octanol–water partition coefficient (Wildman–Crippen LogP) is 3.20. The molecule has 3 nitrogen and oxygen atoms in total. The van der Waals surface area contributed by atoms with Gasteiger partial charge in [-0.1, -0.05) is 32.4 Å². The second kappa shape index (κ2) is 7.15. The molecule has 0 radical (unpaired) electrons. The summed E-state index contributed by atoms with van der Waals surface area (Å²) in [7, 11) is 1.97. The lowest BCUT2D eigenvalue weighted by Gasteiger charge is -2.20. The van der Waals surface area contributed by atoms with Crippen molar-refractivity contribution in [1.82, 2.24) is 15.1 Å². The van der Waals surface area contributed by atoms with Crippen LogP contribution in [0.25, 0.3) is 0 Å². The number of rotatable bonds is 7. The van der Waals surface area contributed by atoms with Crippen molar-refractivity contribution >= 4 is 11.6 Å². The molecule has 104 valence electrons. The summed E-state index contributed by atoms with van der Waals surface area (Å²) in [6.07, 6.45) is 2.18. The van der Waals surface area contributed by atoms with Gasteiger partial charge in [0.1, 0.15) is 0 Å². The summed E-state index contributed by atoms with van der Waals surface area (Å²) in [6, 6.07) is 0. The fraction of sp³-hybridized carbons (Fsp3) is 0.786. The second-order valence-corrected chi connectivity index (χ2v) is 5.71. The minimum Gasteiger partial charge on any atom is -0.316 e. The maximum absolute atomic E-state index is 6.29. The molecule has 0 saturated heterocycles. The van der Waals surface area contributed by atoms with Crippen LogP contribution in [0.15, 0.2) is 0 Å². The molecule has 0 fully saturated rings. The van der Waals surface area contributed by atoms with Crippen LogP contribution in [-0.4, -0.2) is 22.9 Å². The lowest BCUT2D eigenvalue weighted by Crippen LogP contribution is -2.27. The number of hydrogen-bond acceptors (Lipinski definition) is 2. The number of nitrogens with zero attached hydrogens (tertiary/aromatic N) is 2. The Balaban J connectivity index is 2.55. The summed E-state index contributed by atoms with van der Waals surface area (Å²) < 4.78 is 1.92. The highest BCUT2D eigenvalue weighted by Crippen LogP contribution is 2.24. The Morgan fingerprint density at radius 3 is 2.50 bits per heavy atom. The summed E-state index contributed by atoms with van der Waals surface area (Å²) >= 11 is 6.29. The van der Waals surface area contributed by atoms with E-state index in [0.29, 0.717) is 11.8 Å². The van der Waals surface area contributed by atoms with Gasteiger partial charge in [0.2, 0.25) is 0 Å². The van der Waals surface area contributed by atoms with Crippen LogP contribution in [0, 0.1) is 18.8 Å². The van der Waals surface area contributed by atoms with Gasteiger partial charge in [0.05, 0.1) is 16.4 Å². The van der Waals surface area contributed by atoms with Gasteiger partial charge in [0, 0.05) is 7.05 Å². The molecule has 0 aliphatic rings. The summed E-state index contributed by atoms with van der Waals surface area (Å²) in [5, 5.41) is 8.68. The maximum Gasteiger partial charge on any atom is 0.0847 e. The normalized spacial score (nSPS) is 14.8. The number of aryl methyl sites for hydroxylation is 2. The molecule has 1 aromatic rings. The Morgan fingerprint density at radius 2 is 2.00 bits per heavy atom. The zero-order valence-corrected chi connectivity index (χ0v) is 13.0. The van der Waals surface area contributed by atoms with Crippen molar-refractivity contribution in [3.05, 3.63) is 16.4 Å². The van der Waals surface area contributed by atoms with Gasteiger partial charge >= 0.3 is 0 Å². The molecule has 0 aromatic carbocycles. The SMILES string of the molecule is CCCNCC(C)C(C)Cc1c(Cl)c(C)nn1C. The Morgan fingerprint density at radius 1 is 1.33 bits per heavy atom. The fourth-order valence-electron chi connectivity index (χ4n) is 2.12. The lowest BCUT2D eigenvalue weighted by molar-refractivity contribution is 0.359. The third kappa shape index (κ3) is 3.99. The van der Waals surface area contributed by atoms with Gasteiger partial charge in [-0.05, 0) is 44.7 Å². The lowest BCUT2D eigenvalue weighted by atomic mass is 9.91. The Hall–Kier alpha value is -0.540. The van der Waals surface area contributed by atoms with E-state index in [2.05, 4.69) is 31.2 Å². The van der Waals surface area contributed by atoms with E-state index in [-0.39, 0.29) is 0 Å². The maximum atomic E-state index is 6.29. The largest absolute Gasteiger partial charge is 0.316 e. The molecule has 0 saturated carbocycles. The minimum atomic E-state index is 0.599. The number of hydrogen-bond donors (Lipinski definition) is 1. The van der Waals surface area contributed by atoms with E-state index in [9.17, 15) is 0 Å². The average molecular weight is 272 g/mol. The molecule has 4 heteroatoms. The molecule has 2 atom stereocenters. The third-order valence-electron chi connectivity index (χ3n) is 3.64. The fourth-order valence-corrected chi connectivity index (χ4v) is 2.35. The Kier molecular flexibility index (Phi) is 6.16. The van der Waals surface area contributed by atoms with Crippen molar-refractivity contribution in [1.29, 1.82) is 0 Å². The topological polar surface area (TPSA) is 29.9 Å². The standard InChI is InChI=1S/C14H26ClN3/c1-6-7-16-9-11(3)10(2)8-13-14(15)12(4)17-18(13)5/h10-11,16H,6-9H2,1-5H3. The Bertz CT molecular complexity index is 373. The average Bonchev–Trinajstić information content (AvgIpc) is 2.56. The highest BCUT2D eigenvalue weighted by Gasteiger charge is 2.18. The van der Waals surface area contributed by atoms with Crippen LogP contribution in [0.3, 0.4) is 0 Å². The molecule has 1 aromatic heterocycles. The van der Waals surface area contributed by atoms with E-state index in [0.717, 1.165) is 35.9 Å². The number of aromatic nitrogens is 2. The molecule has 2 unspecified atom stereocenters. The number of halogens is 1. The van der Waals surface area contributed by atoms with E-state index in [1.54, 1.807) is 0 Å². The van der Waals surface area contributed by atoms with Gasteiger partial charge in [-0.2, -0.15) is 5.10 Å². The zero-order valence-electron chi connectivity index (χ0n) is 12.3. The van der Waals surface area contributed by atoms with Crippen molar-refractivity contribution in [3.8, 4) is 0 Å². The van der Waals surface area contributed by atoms with Gasteiger partial charge in [0.25, 0.3) is 0 Å². The van der Waals surface area contributed by atoms with E-state index < -0.39 is 0 Å². The van der Waals surface area contributed by atoms with Crippen molar-refractivity contribution in [2.45, 2.75) is 40.5 Å². The molecule has 1 heterocycles. The summed E-state index contributed by atoms with van der Waals surface area (Å²) in [4.78, 5) is 0. The van der Waals surface area contributed by atoms with Gasteiger partial charge in [-0.15, -0.1) is 0 Å². The predicted molar refractivity (Wildman–Crippen MR) is 78.1 cm³/mol. The van der Waals surface area contributed by atoms with Crippen LogP contribution in [0.4, 0.5) is 0 Å². The van der Waals surface area contributed by atoms with Crippen molar-refractivity contribution in [3.63, 3.8) is 0 Å². The summed E-state index contributed by atoms with van der Waals surface area (Å²) in [5.74, 6) is 1.24. The minimum absolute atomic E-state index is 0.599. The molecule has 1 N–H and O–H groups in total. The molecule has 18 heavy (non-hydrogen) atoms. The van der Waals surface area contributed by atoms with Crippen molar-refractivity contribution < 1.29 is 0 Å². The molecule has 0 bridgehead atoms. The molecule has 0 aliphatic heterocycles. The molecule has 0 aliphatic carbocycles. The van der Waals surface area contributed by atoms with Crippen LogP contribution in [0.2, 0.25) is 5.02 Å². The van der Waals surface area contributed by atoms with Crippen LogP contribution < -0.4 is 5.32 Å². The van der Waals surface area contributed by atoms with Crippen LogP contribution in [0.5, 0.6) is 0 Å². The number of nitrogens with one attached hydrogen (secondary N) is 1. The van der Waals surface area contributed by atoms with Crippen LogP contribution >= 0.6 is 11.6 Å². The second-order valence-electron chi connectivity index (χ2n) is 5.33. The molecular formula is C14H26ClN3. The first kappa shape index (κ1) is 15.5. The molecule has 1 rings (SSSR count). The van der Waals surface area contributed by atoms with E-state index in [4.69, 9.17) is 11.6 Å². The highest BCUT2D eigenvalue weighted by atomic mass is 35.5. The van der Waals surface area contributed by atoms with Crippen molar-refractivity contribution in [2.24, 2.45) is 18.9 Å². The summed E-state index contributed by atoms with van der Waals surface area (Å²) in [6.45, 7) is 10.9. The summed E-state index contributed by atoms with van der Waals surface area (Å²) in [5.41, 5.74) is 2.09. The first-order chi connectivity index (χ1) is 8.47. The highest BCUT2D eigenvalue weighted by molar-refractivity contribution is 6.31. The smallest absolute Gasteiger partial charge is 0.0847 e. The van der Waals surface area contributed by atoms with Crippen LogP contribution in [0.1, 0.15) is 38.6 Å². The first-order valence-electron chi connectivity index (χ1n) is 6.86. The third-order valence-corrected chi connectivity index (χ3v) is 4.13. The molecular weight excluding hydrogens is 246 g/mol. The zero-order chi connectivity index (χ0) is 13.7.